The Kier molecular flexibility index (Phi) is 3.65. The predicted octanol–water partition coefficient (Wildman–Crippen LogP) is 1.81. The fourth-order valence-electron chi connectivity index (χ4n) is 1.44. The van der Waals surface area contributed by atoms with Gasteiger partial charge in [-0.05, 0) is 18.1 Å². The predicted molar refractivity (Wildman–Crippen MR) is 53.4 cm³/mol. The van der Waals surface area contributed by atoms with Gasteiger partial charge in [0.1, 0.15) is 5.92 Å². The van der Waals surface area contributed by atoms with Crippen molar-refractivity contribution in [1.82, 2.24) is 0 Å². The molecule has 0 aliphatic rings. The lowest BCUT2D eigenvalue weighted by atomic mass is 9.96. The first-order valence-corrected chi connectivity index (χ1v) is 4.44. The molecule has 0 bridgehead atoms. The second kappa shape index (κ2) is 4.77. The van der Waals surface area contributed by atoms with Crippen LogP contribution in [0.5, 0.6) is 0 Å². The Balaban J connectivity index is 2.99. The molecular weight excluding hydrogens is 180 g/mol. The number of carboxylic acids is 1. The third-order valence-corrected chi connectivity index (χ3v) is 2.20. The van der Waals surface area contributed by atoms with Crippen LogP contribution >= 0.6 is 0 Å². The third kappa shape index (κ3) is 2.33. The molecule has 3 heteroatoms. The number of carboxylic acid groups (broad SMARTS) is 1. The maximum absolute atomic E-state index is 11.0. The van der Waals surface area contributed by atoms with Crippen molar-refractivity contribution in [3.8, 4) is 0 Å². The van der Waals surface area contributed by atoms with Crippen LogP contribution in [0.1, 0.15) is 17.0 Å². The summed E-state index contributed by atoms with van der Waals surface area (Å²) in [6.07, 6.45) is 0. The maximum atomic E-state index is 11.0. The third-order valence-electron chi connectivity index (χ3n) is 2.20. The van der Waals surface area contributed by atoms with E-state index in [0.29, 0.717) is 0 Å². The van der Waals surface area contributed by atoms with Gasteiger partial charge in [-0.2, -0.15) is 0 Å². The minimum absolute atomic E-state index is 0.209. The Bertz CT molecular complexity index is 320. The van der Waals surface area contributed by atoms with E-state index in [2.05, 4.69) is 0 Å². The van der Waals surface area contributed by atoms with Gasteiger partial charge in [-0.25, -0.2) is 0 Å². The molecule has 0 aliphatic carbocycles. The maximum Gasteiger partial charge on any atom is 0.313 e. The van der Waals surface area contributed by atoms with Crippen molar-refractivity contribution in [1.29, 1.82) is 0 Å². The number of rotatable bonds is 4. The number of benzene rings is 1. The van der Waals surface area contributed by atoms with Crippen LogP contribution in [0.3, 0.4) is 0 Å². The molecule has 1 N–H and O–H groups in total. The molecule has 3 nitrogen and oxygen atoms in total. The van der Waals surface area contributed by atoms with Crippen molar-refractivity contribution in [2.45, 2.75) is 12.8 Å². The van der Waals surface area contributed by atoms with E-state index in [4.69, 9.17) is 9.84 Å². The zero-order valence-corrected chi connectivity index (χ0v) is 8.36. The minimum atomic E-state index is -0.846. The van der Waals surface area contributed by atoms with Crippen LogP contribution in [0.25, 0.3) is 0 Å². The Morgan fingerprint density at radius 3 is 2.64 bits per heavy atom. The van der Waals surface area contributed by atoms with Gasteiger partial charge in [0, 0.05) is 7.11 Å². The Morgan fingerprint density at radius 1 is 1.50 bits per heavy atom. The van der Waals surface area contributed by atoms with Crippen LogP contribution < -0.4 is 0 Å². The van der Waals surface area contributed by atoms with Gasteiger partial charge in [-0.15, -0.1) is 0 Å². The first-order chi connectivity index (χ1) is 6.66. The molecule has 0 aliphatic heterocycles. The summed E-state index contributed by atoms with van der Waals surface area (Å²) in [7, 11) is 1.51. The largest absolute Gasteiger partial charge is 0.481 e. The molecule has 0 radical (unpaired) electrons. The van der Waals surface area contributed by atoms with Gasteiger partial charge in [0.2, 0.25) is 0 Å². The molecule has 0 aromatic heterocycles. The lowest BCUT2D eigenvalue weighted by Gasteiger charge is -2.13. The van der Waals surface area contributed by atoms with E-state index in [1.165, 1.54) is 7.11 Å². The van der Waals surface area contributed by atoms with Gasteiger partial charge in [0.05, 0.1) is 6.61 Å². The van der Waals surface area contributed by atoms with E-state index in [1.807, 2.05) is 31.2 Å². The van der Waals surface area contributed by atoms with E-state index in [-0.39, 0.29) is 6.61 Å². The zero-order chi connectivity index (χ0) is 10.6. The summed E-state index contributed by atoms with van der Waals surface area (Å²) in [4.78, 5) is 11.0. The summed E-state index contributed by atoms with van der Waals surface area (Å²) < 4.78 is 4.89. The number of methoxy groups -OCH3 is 1. The van der Waals surface area contributed by atoms with E-state index < -0.39 is 11.9 Å². The molecule has 0 fully saturated rings. The van der Waals surface area contributed by atoms with Crippen molar-refractivity contribution in [2.24, 2.45) is 0 Å². The van der Waals surface area contributed by atoms with Crippen LogP contribution in [-0.2, 0) is 9.53 Å². The lowest BCUT2D eigenvalue weighted by molar-refractivity contribution is -0.140. The van der Waals surface area contributed by atoms with Crippen LogP contribution in [0.4, 0.5) is 0 Å². The fraction of sp³-hybridized carbons (Fsp3) is 0.364. The SMILES string of the molecule is COCC(C(=O)O)c1ccccc1C. The molecule has 14 heavy (non-hydrogen) atoms. The number of aryl methyl sites for hydroxylation is 1. The van der Waals surface area contributed by atoms with Crippen molar-refractivity contribution in [2.75, 3.05) is 13.7 Å². The highest BCUT2D eigenvalue weighted by Gasteiger charge is 2.20. The van der Waals surface area contributed by atoms with Gasteiger partial charge in [0.15, 0.2) is 0 Å². The Morgan fingerprint density at radius 2 is 2.14 bits per heavy atom. The van der Waals surface area contributed by atoms with E-state index in [9.17, 15) is 4.79 Å². The minimum Gasteiger partial charge on any atom is -0.481 e. The first kappa shape index (κ1) is 10.7. The number of ether oxygens (including phenoxy) is 1. The summed E-state index contributed by atoms with van der Waals surface area (Å²) in [5.41, 5.74) is 1.80. The van der Waals surface area contributed by atoms with Gasteiger partial charge in [-0.1, -0.05) is 24.3 Å². The van der Waals surface area contributed by atoms with E-state index >= 15 is 0 Å². The van der Waals surface area contributed by atoms with Gasteiger partial charge in [0.25, 0.3) is 0 Å². The van der Waals surface area contributed by atoms with E-state index in [0.717, 1.165) is 11.1 Å². The number of aliphatic carboxylic acids is 1. The standard InChI is InChI=1S/C11H14O3/c1-8-5-3-4-6-9(8)10(7-14-2)11(12)13/h3-6,10H,7H2,1-2H3,(H,12,13). The summed E-state index contributed by atoms with van der Waals surface area (Å²) in [6.45, 7) is 2.11. The smallest absolute Gasteiger partial charge is 0.313 e. The summed E-state index contributed by atoms with van der Waals surface area (Å²) in [5.74, 6) is -1.41. The Labute approximate surface area is 83.3 Å². The highest BCUT2D eigenvalue weighted by atomic mass is 16.5. The van der Waals surface area contributed by atoms with Crippen LogP contribution in [0.15, 0.2) is 24.3 Å². The van der Waals surface area contributed by atoms with Crippen molar-refractivity contribution >= 4 is 5.97 Å². The Hall–Kier alpha value is -1.35. The summed E-state index contributed by atoms with van der Waals surface area (Å²) in [5, 5.41) is 9.00. The molecule has 0 saturated carbocycles. The van der Waals surface area contributed by atoms with Crippen LogP contribution in [-0.4, -0.2) is 24.8 Å². The molecule has 0 saturated heterocycles. The average molecular weight is 194 g/mol. The van der Waals surface area contributed by atoms with Crippen LogP contribution in [0.2, 0.25) is 0 Å². The normalized spacial score (nSPS) is 12.4. The fourth-order valence-corrected chi connectivity index (χ4v) is 1.44. The average Bonchev–Trinajstić information content (AvgIpc) is 2.15. The topological polar surface area (TPSA) is 46.5 Å². The molecule has 1 aromatic rings. The number of hydrogen-bond acceptors (Lipinski definition) is 2. The highest BCUT2D eigenvalue weighted by Crippen LogP contribution is 2.20. The van der Waals surface area contributed by atoms with Gasteiger partial charge < -0.3 is 9.84 Å². The molecule has 1 aromatic carbocycles. The van der Waals surface area contributed by atoms with Crippen molar-refractivity contribution < 1.29 is 14.6 Å². The molecule has 0 spiro atoms. The first-order valence-electron chi connectivity index (χ1n) is 4.44. The van der Waals surface area contributed by atoms with Gasteiger partial charge >= 0.3 is 5.97 Å². The molecule has 1 atom stereocenters. The molecule has 76 valence electrons. The summed E-state index contributed by atoms with van der Waals surface area (Å²) >= 11 is 0. The number of carbonyl (C=O) groups is 1. The lowest BCUT2D eigenvalue weighted by Crippen LogP contribution is -2.17. The molecule has 1 rings (SSSR count). The summed E-state index contributed by atoms with van der Waals surface area (Å²) in [6, 6.07) is 7.46. The quantitative estimate of drug-likeness (QED) is 0.795. The van der Waals surface area contributed by atoms with E-state index in [1.54, 1.807) is 0 Å². The van der Waals surface area contributed by atoms with Crippen LogP contribution in [0, 0.1) is 6.92 Å². The van der Waals surface area contributed by atoms with Crippen molar-refractivity contribution in [3.63, 3.8) is 0 Å². The second-order valence-electron chi connectivity index (χ2n) is 3.20. The number of hydrogen-bond donors (Lipinski definition) is 1. The molecule has 0 heterocycles. The highest BCUT2D eigenvalue weighted by molar-refractivity contribution is 5.76. The zero-order valence-electron chi connectivity index (χ0n) is 8.36. The molecular formula is C11H14O3. The van der Waals surface area contributed by atoms with Gasteiger partial charge in [-0.3, -0.25) is 4.79 Å². The molecule has 1 unspecified atom stereocenters. The second-order valence-corrected chi connectivity index (χ2v) is 3.20. The molecule has 0 amide bonds. The monoisotopic (exact) mass is 194 g/mol. The van der Waals surface area contributed by atoms with Crippen molar-refractivity contribution in [3.05, 3.63) is 35.4 Å².